The maximum Gasteiger partial charge on any atom is 0.261 e. The van der Waals surface area contributed by atoms with E-state index in [0.29, 0.717) is 0 Å². The fraction of sp³-hybridized carbons (Fsp3) is 0.0400. The van der Waals surface area contributed by atoms with E-state index in [1.54, 1.807) is 0 Å². The highest BCUT2D eigenvalue weighted by Gasteiger charge is 2.46. The van der Waals surface area contributed by atoms with Gasteiger partial charge >= 0.3 is 0 Å². The zero-order valence-electron chi connectivity index (χ0n) is 17.0. The number of nitrogens with zero attached hydrogens (tertiary/aromatic N) is 2. The Hall–Kier alpha value is -2.58. The van der Waals surface area contributed by atoms with Crippen LogP contribution in [0.25, 0.3) is 16.1 Å². The molecule has 0 spiro atoms. The molecule has 0 amide bonds. The number of hydrogen-bond acceptors (Lipinski definition) is 5. The second-order valence-corrected chi connectivity index (χ2v) is 11.9. The number of hydrogen-bond donors (Lipinski definition) is 0. The van der Waals surface area contributed by atoms with Crippen LogP contribution in [0.2, 0.25) is 0 Å². The van der Waals surface area contributed by atoms with Gasteiger partial charge in [-0.3, -0.25) is 0 Å². The van der Waals surface area contributed by atoms with Gasteiger partial charge in [-0.05, 0) is 58.4 Å². The minimum atomic E-state index is -1.35. The molecule has 2 nitrogen and oxygen atoms in total. The molecule has 5 aromatic heterocycles. The Bertz CT molecular complexity index is 1400. The van der Waals surface area contributed by atoms with Crippen molar-refractivity contribution in [3.8, 4) is 10.6 Å². The second kappa shape index (κ2) is 7.22. The third-order valence-electron chi connectivity index (χ3n) is 6.56. The second-order valence-electron chi connectivity index (χ2n) is 8.05. The van der Waals surface area contributed by atoms with E-state index >= 15 is 0 Å². The normalized spacial score (nSPS) is 16.6. The van der Waals surface area contributed by atoms with Crippen LogP contribution in [0.3, 0.4) is 0 Å². The molecule has 0 unspecified atom stereocenters. The third kappa shape index (κ3) is 2.45. The molecule has 7 rings (SSSR count). The van der Waals surface area contributed by atoms with Gasteiger partial charge in [-0.15, -0.1) is 32.2 Å². The molecular weight excluding hydrogens is 467 g/mol. The SMILES string of the molecule is C1=CC2=C(c3cccs3)c3ccc(-c4cccs4)n3[B-](c3cccs3)(c3cccs3)N2C1. The van der Waals surface area contributed by atoms with Gasteiger partial charge in [0.1, 0.15) is 0 Å². The molecule has 0 fully saturated rings. The van der Waals surface area contributed by atoms with E-state index in [0.717, 1.165) is 6.54 Å². The number of rotatable bonds is 4. The summed E-state index contributed by atoms with van der Waals surface area (Å²) in [5.41, 5.74) is 5.31. The van der Waals surface area contributed by atoms with Crippen LogP contribution in [0.4, 0.5) is 0 Å². The molecule has 156 valence electrons. The Labute approximate surface area is 203 Å². The standard InChI is InChI=1S/C25H18BN2S4/c1-6-19-25(22-8-3-15-30-22)20-12-11-18(21-7-2-14-29-21)28(20)26(27(19)13-1,23-9-4-16-31-23)24-10-5-17-32-24/h1-12,14-17H,13H2/q-1. The lowest BCUT2D eigenvalue weighted by molar-refractivity contribution is 0.603. The molecular formula is C25H18BN2S4-. The van der Waals surface area contributed by atoms with E-state index in [2.05, 4.69) is 104 Å². The molecule has 0 saturated carbocycles. The lowest BCUT2D eigenvalue weighted by Gasteiger charge is -2.56. The molecule has 7 heterocycles. The summed E-state index contributed by atoms with van der Waals surface area (Å²) in [7, 11) is 0. The summed E-state index contributed by atoms with van der Waals surface area (Å²) in [6.45, 7) is 0.918. The van der Waals surface area contributed by atoms with E-state index in [4.69, 9.17) is 0 Å². The van der Waals surface area contributed by atoms with Gasteiger partial charge in [-0.2, -0.15) is 22.7 Å². The van der Waals surface area contributed by atoms with E-state index < -0.39 is 6.42 Å². The van der Waals surface area contributed by atoms with Gasteiger partial charge in [0.05, 0.1) is 0 Å². The van der Waals surface area contributed by atoms with Crippen LogP contribution in [-0.2, 0) is 0 Å². The molecule has 0 N–H and O–H groups in total. The Balaban J connectivity index is 1.66. The molecule has 0 aromatic carbocycles. The van der Waals surface area contributed by atoms with Crippen LogP contribution < -0.4 is 9.55 Å². The first-order valence-corrected chi connectivity index (χ1v) is 14.1. The van der Waals surface area contributed by atoms with Crippen LogP contribution in [0, 0.1) is 0 Å². The highest BCUT2D eigenvalue weighted by molar-refractivity contribution is 7.35. The van der Waals surface area contributed by atoms with Gasteiger partial charge in [-0.25, -0.2) is 0 Å². The van der Waals surface area contributed by atoms with E-state index in [1.165, 1.54) is 42.0 Å². The Morgan fingerprint density at radius 1 is 0.656 bits per heavy atom. The van der Waals surface area contributed by atoms with Crippen LogP contribution in [0.1, 0.15) is 10.6 Å². The van der Waals surface area contributed by atoms with Gasteiger partial charge < -0.3 is 9.29 Å². The molecule has 32 heavy (non-hydrogen) atoms. The molecule has 5 aromatic rings. The van der Waals surface area contributed by atoms with Crippen LogP contribution in [-0.4, -0.2) is 22.2 Å². The first-order chi connectivity index (χ1) is 15.9. The zero-order chi connectivity index (χ0) is 21.1. The van der Waals surface area contributed by atoms with Gasteiger partial charge in [0.2, 0.25) is 0 Å². The zero-order valence-corrected chi connectivity index (χ0v) is 20.3. The summed E-state index contributed by atoms with van der Waals surface area (Å²) < 4.78 is 5.50. The molecule has 0 radical (unpaired) electrons. The van der Waals surface area contributed by atoms with Gasteiger partial charge in [0.25, 0.3) is 6.42 Å². The molecule has 0 atom stereocenters. The quantitative estimate of drug-likeness (QED) is 0.277. The summed E-state index contributed by atoms with van der Waals surface area (Å²) in [6.07, 6.45) is 3.32. The number of aromatic nitrogens is 1. The van der Waals surface area contributed by atoms with Crippen molar-refractivity contribution in [1.82, 2.24) is 9.29 Å². The van der Waals surface area contributed by atoms with Crippen molar-refractivity contribution in [3.05, 3.63) is 111 Å². The number of thiophene rings is 4. The van der Waals surface area contributed by atoms with Crippen molar-refractivity contribution >= 4 is 66.9 Å². The first kappa shape index (κ1) is 18.9. The summed E-state index contributed by atoms with van der Waals surface area (Å²) in [5, 5.41) is 8.82. The van der Waals surface area contributed by atoms with E-state index in [1.807, 2.05) is 45.3 Å². The predicted octanol–water partition coefficient (Wildman–Crippen LogP) is 6.15. The largest absolute Gasteiger partial charge is 0.515 e. The Kier molecular flexibility index (Phi) is 4.27. The fourth-order valence-corrected chi connectivity index (χ4v) is 9.07. The van der Waals surface area contributed by atoms with Crippen LogP contribution in [0.15, 0.2) is 100 Å². The van der Waals surface area contributed by atoms with Gasteiger partial charge in [0, 0.05) is 32.4 Å². The van der Waals surface area contributed by atoms with Crippen molar-refractivity contribution in [2.24, 2.45) is 0 Å². The average Bonchev–Trinajstić information content (AvgIpc) is 3.67. The monoisotopic (exact) mass is 485 g/mol. The van der Waals surface area contributed by atoms with E-state index in [-0.39, 0.29) is 0 Å². The van der Waals surface area contributed by atoms with Crippen molar-refractivity contribution in [2.75, 3.05) is 6.54 Å². The average molecular weight is 486 g/mol. The number of fused-ring (bicyclic) bond motifs is 2. The summed E-state index contributed by atoms with van der Waals surface area (Å²) >= 11 is 7.40. The smallest absolute Gasteiger partial charge is 0.261 e. The van der Waals surface area contributed by atoms with Crippen molar-refractivity contribution in [3.63, 3.8) is 0 Å². The van der Waals surface area contributed by atoms with Crippen LogP contribution >= 0.6 is 45.3 Å². The molecule has 0 aliphatic carbocycles. The maximum atomic E-state index is 2.68. The first-order valence-electron chi connectivity index (χ1n) is 10.6. The summed E-state index contributed by atoms with van der Waals surface area (Å²) in [4.78, 5) is 5.32. The topological polar surface area (TPSA) is 8.17 Å². The maximum absolute atomic E-state index is 2.68. The highest BCUT2D eigenvalue weighted by Crippen LogP contribution is 2.45. The minimum Gasteiger partial charge on any atom is -0.515 e. The highest BCUT2D eigenvalue weighted by atomic mass is 32.1. The predicted molar refractivity (Wildman–Crippen MR) is 143 cm³/mol. The van der Waals surface area contributed by atoms with Gasteiger partial charge in [-0.1, -0.05) is 42.5 Å². The van der Waals surface area contributed by atoms with E-state index in [9.17, 15) is 0 Å². The van der Waals surface area contributed by atoms with Crippen molar-refractivity contribution in [1.29, 1.82) is 0 Å². The van der Waals surface area contributed by atoms with Crippen LogP contribution in [0.5, 0.6) is 0 Å². The lowest BCUT2D eigenvalue weighted by atomic mass is 9.40. The summed E-state index contributed by atoms with van der Waals surface area (Å²) in [6, 6.07) is 22.6. The van der Waals surface area contributed by atoms with Crippen molar-refractivity contribution < 1.29 is 0 Å². The van der Waals surface area contributed by atoms with Gasteiger partial charge in [0.15, 0.2) is 0 Å². The molecule has 0 saturated heterocycles. The molecule has 2 aliphatic rings. The minimum absolute atomic E-state index is 0.918. The number of allylic oxidation sites excluding steroid dienone is 1. The molecule has 7 heteroatoms. The molecule has 2 aliphatic heterocycles. The fourth-order valence-electron chi connectivity index (χ4n) is 5.42. The third-order valence-corrected chi connectivity index (χ3v) is 10.4. The summed E-state index contributed by atoms with van der Waals surface area (Å²) in [5.74, 6) is 0. The Morgan fingerprint density at radius 3 is 1.91 bits per heavy atom. The van der Waals surface area contributed by atoms with Crippen molar-refractivity contribution in [2.45, 2.75) is 0 Å². The molecule has 0 bridgehead atoms. The Morgan fingerprint density at radius 2 is 1.28 bits per heavy atom. The lowest BCUT2D eigenvalue weighted by Crippen LogP contribution is -2.74.